The number of amides is 2. The topological polar surface area (TPSA) is 126 Å². The lowest BCUT2D eigenvalue weighted by atomic mass is 9.85. The lowest BCUT2D eigenvalue weighted by molar-refractivity contribution is -0.144. The molecule has 4 rings (SSSR count). The second-order valence-electron chi connectivity index (χ2n) is 9.55. The van der Waals surface area contributed by atoms with Crippen molar-refractivity contribution in [3.63, 3.8) is 0 Å². The van der Waals surface area contributed by atoms with Crippen LogP contribution < -0.4 is 15.2 Å². The minimum atomic E-state index is -0.927. The molecule has 0 aromatic heterocycles. The second kappa shape index (κ2) is 11.3. The van der Waals surface area contributed by atoms with Crippen LogP contribution >= 0.6 is 0 Å². The van der Waals surface area contributed by atoms with Crippen LogP contribution in [-0.2, 0) is 14.4 Å². The fraction of sp³-hybridized carbons (Fsp3) is 0.640. The van der Waals surface area contributed by atoms with E-state index in [1.54, 1.807) is 15.9 Å². The number of unbranched alkanes of at least 4 members (excludes halogenated alkanes) is 1. The molecular formula is C25H36N4O6. The van der Waals surface area contributed by atoms with Crippen LogP contribution in [-0.4, -0.2) is 96.2 Å². The molecule has 192 valence electrons. The van der Waals surface area contributed by atoms with Crippen molar-refractivity contribution in [3.05, 3.63) is 23.8 Å². The van der Waals surface area contributed by atoms with Gasteiger partial charge >= 0.3 is 5.97 Å². The molecule has 3 aliphatic heterocycles. The number of aliphatic carboxylic acids is 1. The van der Waals surface area contributed by atoms with E-state index in [1.807, 2.05) is 17.0 Å². The van der Waals surface area contributed by atoms with Gasteiger partial charge in [-0.1, -0.05) is 19.4 Å². The van der Waals surface area contributed by atoms with E-state index in [2.05, 4.69) is 6.92 Å². The zero-order valence-corrected chi connectivity index (χ0v) is 20.4. The fourth-order valence-corrected chi connectivity index (χ4v) is 5.46. The van der Waals surface area contributed by atoms with Gasteiger partial charge in [0, 0.05) is 57.6 Å². The van der Waals surface area contributed by atoms with Crippen LogP contribution in [0.2, 0.25) is 0 Å². The lowest BCUT2D eigenvalue weighted by Gasteiger charge is -2.32. The molecule has 10 nitrogen and oxygen atoms in total. The number of hydrogen-bond donors (Lipinski definition) is 2. The first-order valence-corrected chi connectivity index (χ1v) is 12.5. The van der Waals surface area contributed by atoms with Crippen molar-refractivity contribution >= 4 is 17.8 Å². The standard InChI is InChI=1S/C25H36N4O6/c1-2-3-9-27(11-8-26)23(31)15-29-13-18(17-6-7-20-21(12-17)35-16-34-20)24(25(32)33)19(29)14-28-10-4-5-22(28)30/h6-7,12,18-19,24H,2-5,8-11,13-16,26H2,1H3,(H,32,33). The average Bonchev–Trinajstić information content (AvgIpc) is 3.55. The summed E-state index contributed by atoms with van der Waals surface area (Å²) in [5, 5.41) is 10.3. The molecule has 2 amide bonds. The Kier molecular flexibility index (Phi) is 8.12. The first kappa shape index (κ1) is 25.2. The van der Waals surface area contributed by atoms with Crippen molar-refractivity contribution in [2.45, 2.75) is 44.6 Å². The van der Waals surface area contributed by atoms with E-state index in [0.29, 0.717) is 57.2 Å². The van der Waals surface area contributed by atoms with Gasteiger partial charge in [-0.3, -0.25) is 19.3 Å². The van der Waals surface area contributed by atoms with Gasteiger partial charge in [0.15, 0.2) is 11.5 Å². The number of ether oxygens (including phenoxy) is 2. The molecule has 3 unspecified atom stereocenters. The Morgan fingerprint density at radius 2 is 2.03 bits per heavy atom. The fourth-order valence-electron chi connectivity index (χ4n) is 5.46. The maximum Gasteiger partial charge on any atom is 0.308 e. The Hall–Kier alpha value is -2.85. The van der Waals surface area contributed by atoms with E-state index < -0.39 is 17.9 Å². The summed E-state index contributed by atoms with van der Waals surface area (Å²) in [6, 6.07) is 5.05. The molecular weight excluding hydrogens is 452 g/mol. The zero-order valence-electron chi connectivity index (χ0n) is 20.4. The van der Waals surface area contributed by atoms with E-state index in [-0.39, 0.29) is 31.1 Å². The second-order valence-corrected chi connectivity index (χ2v) is 9.55. The van der Waals surface area contributed by atoms with Crippen LogP contribution in [0.25, 0.3) is 0 Å². The van der Waals surface area contributed by atoms with Crippen LogP contribution in [0.4, 0.5) is 0 Å². The molecule has 10 heteroatoms. The van der Waals surface area contributed by atoms with Crippen LogP contribution in [0.5, 0.6) is 11.5 Å². The zero-order chi connectivity index (χ0) is 24.9. The third kappa shape index (κ3) is 5.54. The van der Waals surface area contributed by atoms with E-state index in [9.17, 15) is 19.5 Å². The van der Waals surface area contributed by atoms with Gasteiger partial charge in [-0.15, -0.1) is 0 Å². The van der Waals surface area contributed by atoms with Crippen molar-refractivity contribution in [1.29, 1.82) is 0 Å². The number of nitrogens with zero attached hydrogens (tertiary/aromatic N) is 3. The van der Waals surface area contributed by atoms with E-state index in [0.717, 1.165) is 24.8 Å². The number of carbonyl (C=O) groups excluding carboxylic acids is 2. The van der Waals surface area contributed by atoms with E-state index in [1.165, 1.54) is 0 Å². The number of hydrogen-bond acceptors (Lipinski definition) is 7. The molecule has 2 fully saturated rings. The molecule has 3 heterocycles. The number of benzene rings is 1. The lowest BCUT2D eigenvalue weighted by Crippen LogP contribution is -2.49. The summed E-state index contributed by atoms with van der Waals surface area (Å²) in [5.74, 6) is -0.827. The van der Waals surface area contributed by atoms with Gasteiger partial charge in [-0.2, -0.15) is 0 Å². The van der Waals surface area contributed by atoms with E-state index >= 15 is 0 Å². The van der Waals surface area contributed by atoms with Gasteiger partial charge in [-0.05, 0) is 30.5 Å². The molecule has 2 saturated heterocycles. The highest BCUT2D eigenvalue weighted by molar-refractivity contribution is 5.80. The smallest absolute Gasteiger partial charge is 0.308 e. The third-order valence-corrected chi connectivity index (χ3v) is 7.31. The number of carbonyl (C=O) groups is 3. The summed E-state index contributed by atoms with van der Waals surface area (Å²) >= 11 is 0. The Bertz CT molecular complexity index is 941. The van der Waals surface area contributed by atoms with Crippen molar-refractivity contribution < 1.29 is 29.0 Å². The molecule has 3 aliphatic rings. The number of fused-ring (bicyclic) bond motifs is 1. The Morgan fingerprint density at radius 3 is 2.71 bits per heavy atom. The maximum atomic E-state index is 13.3. The number of carboxylic acids is 1. The first-order chi connectivity index (χ1) is 16.9. The largest absolute Gasteiger partial charge is 0.481 e. The number of rotatable bonds is 11. The molecule has 35 heavy (non-hydrogen) atoms. The van der Waals surface area contributed by atoms with Gasteiger partial charge in [0.25, 0.3) is 0 Å². The monoisotopic (exact) mass is 488 g/mol. The predicted molar refractivity (Wildman–Crippen MR) is 128 cm³/mol. The molecule has 0 aliphatic carbocycles. The average molecular weight is 489 g/mol. The number of nitrogens with two attached hydrogens (primary N) is 1. The highest BCUT2D eigenvalue weighted by Gasteiger charge is 2.48. The van der Waals surface area contributed by atoms with Crippen molar-refractivity contribution in [3.8, 4) is 11.5 Å². The SMILES string of the molecule is CCCCN(CCN)C(=O)CN1CC(c2ccc3c(c2)OCO3)C(C(=O)O)C1CN1CCCC1=O. The third-order valence-electron chi connectivity index (χ3n) is 7.31. The quantitative estimate of drug-likeness (QED) is 0.474. The van der Waals surface area contributed by atoms with Gasteiger partial charge < -0.3 is 30.1 Å². The maximum absolute atomic E-state index is 13.3. The van der Waals surface area contributed by atoms with Gasteiger partial charge in [-0.25, -0.2) is 0 Å². The number of likely N-dealkylation sites (tertiary alicyclic amines) is 2. The van der Waals surface area contributed by atoms with Gasteiger partial charge in [0.05, 0.1) is 12.5 Å². The molecule has 0 saturated carbocycles. The molecule has 1 aromatic rings. The molecule has 1 aromatic carbocycles. The van der Waals surface area contributed by atoms with E-state index in [4.69, 9.17) is 15.2 Å². The summed E-state index contributed by atoms with van der Waals surface area (Å²) in [4.78, 5) is 43.7. The Balaban J connectivity index is 1.61. The first-order valence-electron chi connectivity index (χ1n) is 12.5. The summed E-state index contributed by atoms with van der Waals surface area (Å²) in [5.41, 5.74) is 6.58. The van der Waals surface area contributed by atoms with Crippen molar-refractivity contribution in [2.75, 3.05) is 52.6 Å². The highest BCUT2D eigenvalue weighted by Crippen LogP contribution is 2.42. The van der Waals surface area contributed by atoms with Gasteiger partial charge in [0.2, 0.25) is 18.6 Å². The normalized spacial score (nSPS) is 23.8. The minimum absolute atomic E-state index is 0.0413. The summed E-state index contributed by atoms with van der Waals surface area (Å²) in [6.07, 6.45) is 3.10. The van der Waals surface area contributed by atoms with Gasteiger partial charge in [0.1, 0.15) is 0 Å². The minimum Gasteiger partial charge on any atom is -0.481 e. The molecule has 0 radical (unpaired) electrons. The van der Waals surface area contributed by atoms with Crippen LogP contribution in [0.1, 0.15) is 44.1 Å². The molecule has 3 atom stereocenters. The molecule has 0 bridgehead atoms. The van der Waals surface area contributed by atoms with Crippen LogP contribution in [0.15, 0.2) is 18.2 Å². The van der Waals surface area contributed by atoms with Crippen molar-refractivity contribution in [2.24, 2.45) is 11.7 Å². The van der Waals surface area contributed by atoms with Crippen LogP contribution in [0.3, 0.4) is 0 Å². The molecule has 0 spiro atoms. The Morgan fingerprint density at radius 1 is 1.23 bits per heavy atom. The Labute approximate surface area is 205 Å². The summed E-state index contributed by atoms with van der Waals surface area (Å²) < 4.78 is 10.9. The number of carboxylic acid groups (broad SMARTS) is 1. The highest BCUT2D eigenvalue weighted by atomic mass is 16.7. The predicted octanol–water partition coefficient (Wildman–Crippen LogP) is 1.09. The van der Waals surface area contributed by atoms with Crippen molar-refractivity contribution in [1.82, 2.24) is 14.7 Å². The summed E-state index contributed by atoms with van der Waals surface area (Å²) in [7, 11) is 0. The summed E-state index contributed by atoms with van der Waals surface area (Å²) in [6.45, 7) is 5.10. The van der Waals surface area contributed by atoms with Crippen LogP contribution in [0, 0.1) is 5.92 Å². The molecule has 3 N–H and O–H groups in total.